The lowest BCUT2D eigenvalue weighted by Gasteiger charge is -2.20. The Labute approximate surface area is 143 Å². The van der Waals surface area contributed by atoms with Gasteiger partial charge in [0, 0.05) is 24.3 Å². The highest BCUT2D eigenvalue weighted by Crippen LogP contribution is 2.27. The molecule has 0 amide bonds. The van der Waals surface area contributed by atoms with Crippen molar-refractivity contribution in [2.24, 2.45) is 0 Å². The van der Waals surface area contributed by atoms with Crippen molar-refractivity contribution in [2.75, 3.05) is 13.2 Å². The Morgan fingerprint density at radius 1 is 1.04 bits per heavy atom. The van der Waals surface area contributed by atoms with E-state index in [-0.39, 0.29) is 10.0 Å². The average Bonchev–Trinajstić information content (AvgIpc) is 2.56. The van der Waals surface area contributed by atoms with Gasteiger partial charge in [-0.1, -0.05) is 30.3 Å². The van der Waals surface area contributed by atoms with Crippen molar-refractivity contribution in [3.05, 3.63) is 69.4 Å². The summed E-state index contributed by atoms with van der Waals surface area (Å²) < 4.78 is 25.6. The molecule has 0 aromatic heterocycles. The number of halogens is 2. The van der Waals surface area contributed by atoms with Gasteiger partial charge in [-0.15, -0.1) is 0 Å². The van der Waals surface area contributed by atoms with E-state index in [1.165, 1.54) is 6.07 Å². The highest BCUT2D eigenvalue weighted by Gasteiger charge is 2.23. The van der Waals surface area contributed by atoms with Gasteiger partial charge >= 0.3 is 0 Å². The Balaban J connectivity index is 2.47. The average molecular weight is 381 g/mol. The molecule has 3 nitrogen and oxygen atoms in total. The number of rotatable bonds is 7. The minimum atomic E-state index is -0.652. The zero-order chi connectivity index (χ0) is 16.8. The molecule has 0 aliphatic rings. The monoisotopic (exact) mass is 380 g/mol. The minimum absolute atomic E-state index is 0.0126. The minimum Gasteiger partial charge on any atom is -0.349 e. The summed E-state index contributed by atoms with van der Waals surface area (Å²) in [5, 5.41) is 0. The molecular weight excluding hydrogens is 363 g/mol. The summed E-state index contributed by atoms with van der Waals surface area (Å²) in [6.45, 7) is 4.59. The zero-order valence-electron chi connectivity index (χ0n) is 13.0. The van der Waals surface area contributed by atoms with E-state index in [4.69, 9.17) is 9.47 Å². The molecule has 2 aromatic rings. The molecule has 0 spiro atoms. The summed E-state index contributed by atoms with van der Waals surface area (Å²) in [7, 11) is 0. The smallest absolute Gasteiger partial charge is 0.196 e. The molecule has 0 fully saturated rings. The third-order valence-corrected chi connectivity index (χ3v) is 3.90. The maximum absolute atomic E-state index is 14.2. The summed E-state index contributed by atoms with van der Waals surface area (Å²) in [5.74, 6) is -0.972. The van der Waals surface area contributed by atoms with E-state index >= 15 is 0 Å². The first-order valence-corrected chi connectivity index (χ1v) is 8.20. The molecule has 0 aliphatic carbocycles. The van der Waals surface area contributed by atoms with Crippen LogP contribution in [-0.4, -0.2) is 19.0 Å². The molecule has 2 rings (SSSR count). The second-order valence-electron chi connectivity index (χ2n) is 4.76. The fourth-order valence-corrected chi connectivity index (χ4v) is 2.63. The molecule has 0 N–H and O–H groups in total. The van der Waals surface area contributed by atoms with Crippen LogP contribution in [0.4, 0.5) is 4.39 Å². The highest BCUT2D eigenvalue weighted by atomic mass is 79.9. The molecule has 0 heterocycles. The molecule has 0 bridgehead atoms. The Hall–Kier alpha value is -1.56. The lowest BCUT2D eigenvalue weighted by molar-refractivity contribution is -0.140. The topological polar surface area (TPSA) is 35.5 Å². The standard InChI is InChI=1S/C18H18BrFO3/c1-3-22-18(23-4-2)13-9-6-5-8-12(13)17(21)14-10-7-11-15(19)16(14)20/h5-11,18H,3-4H2,1-2H3. The number of ketones is 1. The normalized spacial score (nSPS) is 11.0. The zero-order valence-corrected chi connectivity index (χ0v) is 14.6. The highest BCUT2D eigenvalue weighted by molar-refractivity contribution is 9.10. The van der Waals surface area contributed by atoms with E-state index in [1.54, 1.807) is 36.4 Å². The van der Waals surface area contributed by atoms with Gasteiger partial charge in [0.1, 0.15) is 5.82 Å². The van der Waals surface area contributed by atoms with Crippen LogP contribution in [0.5, 0.6) is 0 Å². The van der Waals surface area contributed by atoms with E-state index in [1.807, 2.05) is 13.8 Å². The second-order valence-corrected chi connectivity index (χ2v) is 5.61. The van der Waals surface area contributed by atoms with Crippen LogP contribution in [0.3, 0.4) is 0 Å². The molecular formula is C18H18BrFO3. The first kappa shape index (κ1) is 17.8. The molecule has 2 aromatic carbocycles. The van der Waals surface area contributed by atoms with E-state index in [2.05, 4.69) is 15.9 Å². The number of hydrogen-bond acceptors (Lipinski definition) is 3. The predicted octanol–water partition coefficient (Wildman–Crippen LogP) is 4.89. The van der Waals surface area contributed by atoms with Crippen LogP contribution in [0.1, 0.15) is 41.6 Å². The fraction of sp³-hybridized carbons (Fsp3) is 0.278. The molecule has 0 saturated carbocycles. The Morgan fingerprint density at radius 2 is 1.65 bits per heavy atom. The number of hydrogen-bond donors (Lipinski definition) is 0. The van der Waals surface area contributed by atoms with Crippen LogP contribution >= 0.6 is 15.9 Å². The van der Waals surface area contributed by atoms with Crippen molar-refractivity contribution in [3.8, 4) is 0 Å². The van der Waals surface area contributed by atoms with Gasteiger partial charge in [0.25, 0.3) is 0 Å². The van der Waals surface area contributed by atoms with E-state index < -0.39 is 17.9 Å². The van der Waals surface area contributed by atoms with E-state index in [9.17, 15) is 9.18 Å². The molecule has 122 valence electrons. The summed E-state index contributed by atoms with van der Waals surface area (Å²) in [5.41, 5.74) is 0.982. The fourth-order valence-electron chi connectivity index (χ4n) is 2.26. The molecule has 0 saturated heterocycles. The predicted molar refractivity (Wildman–Crippen MR) is 90.0 cm³/mol. The summed E-state index contributed by atoms with van der Waals surface area (Å²) >= 11 is 3.11. The van der Waals surface area contributed by atoms with Crippen molar-refractivity contribution >= 4 is 21.7 Å². The number of carbonyl (C=O) groups is 1. The number of ether oxygens (including phenoxy) is 2. The summed E-state index contributed by atoms with van der Waals surface area (Å²) in [4.78, 5) is 12.8. The van der Waals surface area contributed by atoms with Crippen molar-refractivity contribution in [1.29, 1.82) is 0 Å². The van der Waals surface area contributed by atoms with Gasteiger partial charge in [-0.25, -0.2) is 4.39 Å². The molecule has 0 aliphatic heterocycles. The van der Waals surface area contributed by atoms with Crippen molar-refractivity contribution < 1.29 is 18.7 Å². The van der Waals surface area contributed by atoms with Crippen molar-refractivity contribution in [1.82, 2.24) is 0 Å². The quantitative estimate of drug-likeness (QED) is 0.506. The first-order valence-electron chi connectivity index (χ1n) is 7.41. The van der Waals surface area contributed by atoms with Crippen LogP contribution in [-0.2, 0) is 9.47 Å². The molecule has 5 heteroatoms. The summed E-state index contributed by atoms with van der Waals surface area (Å²) in [6.07, 6.45) is -0.652. The van der Waals surface area contributed by atoms with Gasteiger partial charge in [0.2, 0.25) is 0 Å². The van der Waals surface area contributed by atoms with Crippen molar-refractivity contribution in [3.63, 3.8) is 0 Å². The van der Waals surface area contributed by atoms with Gasteiger partial charge in [-0.2, -0.15) is 0 Å². The molecule has 0 unspecified atom stereocenters. The van der Waals surface area contributed by atoms with Crippen LogP contribution in [0.2, 0.25) is 0 Å². The Bertz CT molecular complexity index is 682. The first-order chi connectivity index (χ1) is 11.1. The van der Waals surface area contributed by atoms with Gasteiger partial charge in [-0.05, 0) is 41.9 Å². The summed E-state index contributed by atoms with van der Waals surface area (Å²) in [6, 6.07) is 11.6. The maximum Gasteiger partial charge on any atom is 0.196 e. The molecule has 23 heavy (non-hydrogen) atoms. The van der Waals surface area contributed by atoms with Crippen LogP contribution in [0.15, 0.2) is 46.9 Å². The van der Waals surface area contributed by atoms with Crippen molar-refractivity contribution in [2.45, 2.75) is 20.1 Å². The van der Waals surface area contributed by atoms with Gasteiger partial charge in [0.15, 0.2) is 12.1 Å². The SMILES string of the molecule is CCOC(OCC)c1ccccc1C(=O)c1cccc(Br)c1F. The second kappa shape index (κ2) is 8.34. The lowest BCUT2D eigenvalue weighted by Crippen LogP contribution is -2.15. The van der Waals surface area contributed by atoms with E-state index in [0.29, 0.717) is 24.3 Å². The Kier molecular flexibility index (Phi) is 6.45. The third-order valence-electron chi connectivity index (χ3n) is 3.29. The molecule has 0 radical (unpaired) electrons. The van der Waals surface area contributed by atoms with Gasteiger partial charge in [-0.3, -0.25) is 4.79 Å². The lowest BCUT2D eigenvalue weighted by atomic mass is 9.97. The maximum atomic E-state index is 14.2. The van der Waals surface area contributed by atoms with E-state index in [0.717, 1.165) is 0 Å². The van der Waals surface area contributed by atoms with Crippen LogP contribution < -0.4 is 0 Å². The van der Waals surface area contributed by atoms with Crippen LogP contribution in [0, 0.1) is 5.82 Å². The molecule has 0 atom stereocenters. The Morgan fingerprint density at radius 3 is 2.30 bits per heavy atom. The van der Waals surface area contributed by atoms with Gasteiger partial charge < -0.3 is 9.47 Å². The number of benzene rings is 2. The van der Waals surface area contributed by atoms with Crippen LogP contribution in [0.25, 0.3) is 0 Å². The third kappa shape index (κ3) is 4.05. The van der Waals surface area contributed by atoms with Gasteiger partial charge in [0.05, 0.1) is 10.0 Å². The largest absolute Gasteiger partial charge is 0.349 e. The number of carbonyl (C=O) groups excluding carboxylic acids is 1.